The normalized spacial score (nSPS) is 33.6. The predicted octanol–water partition coefficient (Wildman–Crippen LogP) is 10.9. The molecular weight excluding hydrogens is 913 g/mol. The van der Waals surface area contributed by atoms with Crippen LogP contribution in [0, 0.1) is 23.7 Å². The number of fused-ring (bicyclic) bond motifs is 20. The fraction of sp³-hybridized carbons (Fsp3) is 0.357. The topological polar surface area (TPSA) is 96.2 Å². The Labute approximate surface area is 418 Å². The lowest BCUT2D eigenvalue weighted by Crippen LogP contribution is -2.55. The summed E-state index contributed by atoms with van der Waals surface area (Å²) in [5, 5.41) is 35.1. The molecule has 0 radical (unpaired) electrons. The number of hydrogen-bond donors (Lipinski definition) is 8. The first-order valence-corrected chi connectivity index (χ1v) is 28.2. The van der Waals surface area contributed by atoms with Crippen molar-refractivity contribution in [2.45, 2.75) is 128 Å². The molecule has 2 aliphatic carbocycles. The second kappa shape index (κ2) is 19.5. The largest absolute Gasteiger partial charge is 0.286 e. The Hall–Kier alpha value is -3.60. The lowest BCUT2D eigenvalue weighted by atomic mass is 9.78. The quantitative estimate of drug-likeness (QED) is 0.0746. The zero-order valence-corrected chi connectivity index (χ0v) is 41.2. The third-order valence-electron chi connectivity index (χ3n) is 15.7. The molecule has 0 spiro atoms. The summed E-state index contributed by atoms with van der Waals surface area (Å²) < 4.78 is 0. The molecule has 7 aliphatic rings. The molecule has 0 aromatic heterocycles. The number of benzene rings is 6. The number of nitrogens with one attached hydrogen (secondary N) is 8. The predicted molar refractivity (Wildman–Crippen MR) is 279 cm³/mol. The van der Waals surface area contributed by atoms with Gasteiger partial charge in [-0.1, -0.05) is 108 Å². The second-order valence-electron chi connectivity index (χ2n) is 19.8. The maximum absolute atomic E-state index is 4.28. The molecule has 0 amide bonds. The van der Waals surface area contributed by atoms with E-state index in [-0.39, 0.29) is 49.3 Å². The van der Waals surface area contributed by atoms with Crippen molar-refractivity contribution in [1.29, 1.82) is 0 Å². The van der Waals surface area contributed by atoms with E-state index in [4.69, 9.17) is 0 Å². The van der Waals surface area contributed by atoms with Crippen molar-refractivity contribution < 1.29 is 0 Å². The zero-order chi connectivity index (χ0) is 45.0. The molecule has 6 aromatic rings. The van der Waals surface area contributed by atoms with Crippen molar-refractivity contribution in [3.8, 4) is 0 Å². The van der Waals surface area contributed by atoms with Gasteiger partial charge in [0.25, 0.3) is 0 Å². The Morgan fingerprint density at radius 1 is 0.294 bits per heavy atom. The van der Waals surface area contributed by atoms with Gasteiger partial charge < -0.3 is 0 Å². The monoisotopic (exact) mass is 972 g/mol. The fourth-order valence-corrected chi connectivity index (χ4v) is 16.9. The molecule has 5 aliphatic heterocycles. The van der Waals surface area contributed by atoms with E-state index in [0.29, 0.717) is 34.2 Å². The molecule has 12 heteroatoms. The Morgan fingerprint density at radius 3 is 1.04 bits per heavy atom. The minimum Gasteiger partial charge on any atom is -0.286 e. The van der Waals surface area contributed by atoms with Crippen LogP contribution in [0.15, 0.2) is 187 Å². The third kappa shape index (κ3) is 9.14. The average Bonchev–Trinajstić information content (AvgIpc) is 4.10. The highest BCUT2D eigenvalue weighted by Crippen LogP contribution is 2.49. The number of hydrogen-bond acceptors (Lipinski definition) is 12. The standard InChI is InChI=1S/C56H60N8S4/c1-5-13-33(14-6-1)65-37-21-25-41-45(29-37)53-57-49(41)62-54-47-31-39(67-35-17-9-3-10-18-35)23-27-43(47)51(59-54)64-56-48-32-40(68-36-19-11-4-12-20-36)24-28-44(48)52(60-56)63-55-46-30-38(66-34-15-7-2-8-16-34)22-26-42(46)50(58-55)61-53/h1-21,24-25,28-29,32,38-39,42-43,46-47,49-64H,22-23,26-27,30-31H2. The van der Waals surface area contributed by atoms with E-state index in [1.807, 2.05) is 23.5 Å². The van der Waals surface area contributed by atoms with Gasteiger partial charge in [-0.15, -0.1) is 23.5 Å². The smallest absolute Gasteiger partial charge is 0.0866 e. The van der Waals surface area contributed by atoms with Crippen LogP contribution >= 0.6 is 47.0 Å². The summed E-state index contributed by atoms with van der Waals surface area (Å²) in [7, 11) is 0. The van der Waals surface area contributed by atoms with Gasteiger partial charge in [0.05, 0.1) is 49.3 Å². The highest BCUT2D eigenvalue weighted by molar-refractivity contribution is 8.00. The molecule has 14 unspecified atom stereocenters. The summed E-state index contributed by atoms with van der Waals surface area (Å²) in [5.74, 6) is 1.88. The highest BCUT2D eigenvalue weighted by atomic mass is 32.2. The maximum atomic E-state index is 4.28. The van der Waals surface area contributed by atoms with Crippen LogP contribution < -0.4 is 42.5 Å². The van der Waals surface area contributed by atoms with Gasteiger partial charge in [0, 0.05) is 39.9 Å². The van der Waals surface area contributed by atoms with Gasteiger partial charge in [-0.2, -0.15) is 0 Å². The Morgan fingerprint density at radius 2 is 0.647 bits per heavy atom. The molecule has 8 nitrogen and oxygen atoms in total. The number of thioether (sulfide) groups is 2. The SMILES string of the molecule is c1ccc(Sc2ccc3c(c2)C2NC3NC3NC(NC4NC(NC5NC(N2)C2CCC(Sc6ccccc6)CC52)c2ccc(Sc5ccccc5)cc24)C2CCC(Sc4ccccc4)CC32)cc1. The molecule has 2 saturated carbocycles. The van der Waals surface area contributed by atoms with E-state index >= 15 is 0 Å². The van der Waals surface area contributed by atoms with Crippen LogP contribution in [0.25, 0.3) is 0 Å². The Bertz CT molecular complexity index is 2500. The molecule has 13 rings (SSSR count). The molecule has 5 heterocycles. The minimum absolute atomic E-state index is 0.0124. The Kier molecular flexibility index (Phi) is 12.7. The van der Waals surface area contributed by atoms with Crippen LogP contribution in [0.2, 0.25) is 0 Å². The van der Waals surface area contributed by atoms with Crippen LogP contribution in [0.1, 0.15) is 85.4 Å². The second-order valence-corrected chi connectivity index (χ2v) is 24.8. The van der Waals surface area contributed by atoms with Gasteiger partial charge >= 0.3 is 0 Å². The molecule has 348 valence electrons. The number of rotatable bonds is 8. The van der Waals surface area contributed by atoms with Gasteiger partial charge in [-0.05, 0) is 157 Å². The van der Waals surface area contributed by atoms with Crippen molar-refractivity contribution in [1.82, 2.24) is 42.5 Å². The molecule has 8 N–H and O–H groups in total. The maximum Gasteiger partial charge on any atom is 0.0866 e. The molecule has 8 bridgehead atoms. The van der Waals surface area contributed by atoms with Crippen LogP contribution in [0.3, 0.4) is 0 Å². The first-order chi connectivity index (χ1) is 33.6. The van der Waals surface area contributed by atoms with Crippen molar-refractivity contribution in [3.05, 3.63) is 180 Å². The van der Waals surface area contributed by atoms with Gasteiger partial charge in [-0.25, -0.2) is 0 Å². The molecule has 14 atom stereocenters. The lowest BCUT2D eigenvalue weighted by Gasteiger charge is -2.37. The van der Waals surface area contributed by atoms with E-state index in [9.17, 15) is 0 Å². The summed E-state index contributed by atoms with van der Waals surface area (Å²) in [4.78, 5) is 7.81. The van der Waals surface area contributed by atoms with Gasteiger partial charge in [0.2, 0.25) is 0 Å². The fourth-order valence-electron chi connectivity index (χ4n) is 12.6. The molecular formula is C56H60N8S4. The first kappa shape index (κ1) is 44.3. The van der Waals surface area contributed by atoms with Crippen molar-refractivity contribution in [2.24, 2.45) is 23.7 Å². The lowest BCUT2D eigenvalue weighted by molar-refractivity contribution is 0.189. The van der Waals surface area contributed by atoms with E-state index in [0.717, 1.165) is 12.8 Å². The van der Waals surface area contributed by atoms with E-state index in [1.165, 1.54) is 77.3 Å². The van der Waals surface area contributed by atoms with Crippen LogP contribution in [0.5, 0.6) is 0 Å². The summed E-state index contributed by atoms with van der Waals surface area (Å²) >= 11 is 7.85. The minimum atomic E-state index is -0.0193. The average molecular weight is 973 g/mol. The summed E-state index contributed by atoms with van der Waals surface area (Å²) in [6, 6.07) is 58.1. The van der Waals surface area contributed by atoms with Gasteiger partial charge in [0.1, 0.15) is 0 Å². The van der Waals surface area contributed by atoms with Gasteiger partial charge in [-0.3, -0.25) is 42.5 Å². The molecule has 5 fully saturated rings. The van der Waals surface area contributed by atoms with Crippen molar-refractivity contribution in [3.63, 3.8) is 0 Å². The zero-order valence-electron chi connectivity index (χ0n) is 38.0. The van der Waals surface area contributed by atoms with E-state index < -0.39 is 0 Å². The van der Waals surface area contributed by atoms with Gasteiger partial charge in [0.15, 0.2) is 0 Å². The third-order valence-corrected chi connectivity index (χ3v) is 20.3. The summed E-state index contributed by atoms with van der Waals surface area (Å²) in [6.45, 7) is 0. The van der Waals surface area contributed by atoms with Crippen molar-refractivity contribution >= 4 is 47.0 Å². The van der Waals surface area contributed by atoms with E-state index in [1.54, 1.807) is 0 Å². The molecule has 68 heavy (non-hydrogen) atoms. The first-order valence-electron chi connectivity index (χ1n) is 24.9. The summed E-state index contributed by atoms with van der Waals surface area (Å²) in [5.41, 5.74) is 5.38. The van der Waals surface area contributed by atoms with Crippen molar-refractivity contribution in [2.75, 3.05) is 0 Å². The van der Waals surface area contributed by atoms with Crippen LogP contribution in [-0.4, -0.2) is 35.2 Å². The van der Waals surface area contributed by atoms with Crippen LogP contribution in [0.4, 0.5) is 0 Å². The highest BCUT2D eigenvalue weighted by Gasteiger charge is 2.52. The van der Waals surface area contributed by atoms with Crippen LogP contribution in [-0.2, 0) is 0 Å². The molecule has 3 saturated heterocycles. The van der Waals surface area contributed by atoms with E-state index in [2.05, 4.69) is 224 Å². The summed E-state index contributed by atoms with van der Waals surface area (Å²) in [6.07, 6.45) is 7.57. The molecule has 6 aromatic carbocycles. The Balaban J connectivity index is 0.861.